The van der Waals surface area contributed by atoms with E-state index in [1.807, 2.05) is 18.2 Å². The first-order chi connectivity index (χ1) is 12.9. The Kier molecular flexibility index (Phi) is 5.86. The lowest BCUT2D eigenvalue weighted by molar-refractivity contribution is -0.113. The Morgan fingerprint density at radius 1 is 0.963 bits per heavy atom. The van der Waals surface area contributed by atoms with Crippen LogP contribution in [0.2, 0.25) is 0 Å². The van der Waals surface area contributed by atoms with Crippen LogP contribution >= 0.6 is 11.8 Å². The summed E-state index contributed by atoms with van der Waals surface area (Å²) in [5, 5.41) is 11.8. The molecule has 0 bridgehead atoms. The molecule has 0 aliphatic heterocycles. The van der Waals surface area contributed by atoms with E-state index in [0.29, 0.717) is 16.3 Å². The topological polar surface area (TPSA) is 54.9 Å². The van der Waals surface area contributed by atoms with E-state index in [9.17, 15) is 9.18 Å². The number of thioether (sulfide) groups is 1. The van der Waals surface area contributed by atoms with Crippen molar-refractivity contribution in [3.8, 4) is 11.3 Å². The maximum Gasteiger partial charge on any atom is 0.234 e. The molecule has 0 radical (unpaired) electrons. The number of anilines is 1. The van der Waals surface area contributed by atoms with Crippen LogP contribution in [0, 0.1) is 26.6 Å². The van der Waals surface area contributed by atoms with Crippen molar-refractivity contribution in [2.75, 3.05) is 11.1 Å². The Labute approximate surface area is 162 Å². The molecule has 0 fully saturated rings. The molecule has 1 aromatic heterocycles. The van der Waals surface area contributed by atoms with Crippen LogP contribution in [0.3, 0.4) is 0 Å². The number of nitrogens with one attached hydrogen (secondary N) is 1. The van der Waals surface area contributed by atoms with E-state index in [-0.39, 0.29) is 17.5 Å². The molecule has 1 amide bonds. The van der Waals surface area contributed by atoms with Gasteiger partial charge in [-0.15, -0.1) is 10.2 Å². The fourth-order valence-corrected chi connectivity index (χ4v) is 3.07. The van der Waals surface area contributed by atoms with Gasteiger partial charge < -0.3 is 5.32 Å². The number of hydrogen-bond acceptors (Lipinski definition) is 4. The third kappa shape index (κ3) is 4.92. The van der Waals surface area contributed by atoms with Gasteiger partial charge in [-0.25, -0.2) is 4.39 Å². The molecule has 1 N–H and O–H groups in total. The Balaban J connectivity index is 1.58. The van der Waals surface area contributed by atoms with Crippen LogP contribution < -0.4 is 5.32 Å². The zero-order valence-electron chi connectivity index (χ0n) is 15.4. The van der Waals surface area contributed by atoms with Gasteiger partial charge in [-0.3, -0.25) is 4.79 Å². The lowest BCUT2D eigenvalue weighted by Gasteiger charge is -2.07. The van der Waals surface area contributed by atoms with Crippen molar-refractivity contribution in [1.82, 2.24) is 10.2 Å². The lowest BCUT2D eigenvalue weighted by Crippen LogP contribution is -2.14. The lowest BCUT2D eigenvalue weighted by atomic mass is 10.0. The summed E-state index contributed by atoms with van der Waals surface area (Å²) in [7, 11) is 0. The van der Waals surface area contributed by atoms with E-state index in [1.165, 1.54) is 29.0 Å². The van der Waals surface area contributed by atoms with Crippen LogP contribution in [0.5, 0.6) is 0 Å². The number of rotatable bonds is 5. The van der Waals surface area contributed by atoms with Crippen LogP contribution in [-0.4, -0.2) is 21.9 Å². The predicted molar refractivity (Wildman–Crippen MR) is 107 cm³/mol. The second-order valence-corrected chi connectivity index (χ2v) is 7.35. The highest BCUT2D eigenvalue weighted by molar-refractivity contribution is 7.99. The number of benzene rings is 2. The molecule has 0 aliphatic carbocycles. The van der Waals surface area contributed by atoms with E-state index in [4.69, 9.17) is 0 Å². The largest absolute Gasteiger partial charge is 0.325 e. The zero-order valence-corrected chi connectivity index (χ0v) is 16.2. The van der Waals surface area contributed by atoms with Crippen LogP contribution in [-0.2, 0) is 4.79 Å². The monoisotopic (exact) mass is 381 g/mol. The standard InChI is InChI=1S/C21H20FN3OS/c1-13-4-6-16(10-15(13)3)19-8-9-21(25-24-19)27-12-20(26)23-17-7-5-14(2)18(22)11-17/h4-11H,12H2,1-3H3,(H,23,26). The Morgan fingerprint density at radius 3 is 2.41 bits per heavy atom. The third-order valence-corrected chi connectivity index (χ3v) is 5.17. The molecule has 0 aliphatic rings. The van der Waals surface area contributed by atoms with Crippen molar-refractivity contribution < 1.29 is 9.18 Å². The fraction of sp³-hybridized carbons (Fsp3) is 0.190. The number of amides is 1. The second-order valence-electron chi connectivity index (χ2n) is 6.36. The summed E-state index contributed by atoms with van der Waals surface area (Å²) < 4.78 is 13.5. The van der Waals surface area contributed by atoms with Gasteiger partial charge in [-0.2, -0.15) is 0 Å². The quantitative estimate of drug-likeness (QED) is 0.636. The normalized spacial score (nSPS) is 10.7. The van der Waals surface area contributed by atoms with Crippen molar-refractivity contribution in [2.24, 2.45) is 0 Å². The third-order valence-electron chi connectivity index (χ3n) is 4.25. The van der Waals surface area contributed by atoms with E-state index < -0.39 is 0 Å². The molecule has 0 saturated carbocycles. The molecule has 3 rings (SSSR count). The van der Waals surface area contributed by atoms with Crippen LogP contribution in [0.15, 0.2) is 53.6 Å². The van der Waals surface area contributed by atoms with Gasteiger partial charge in [0.15, 0.2) is 0 Å². The maximum atomic E-state index is 13.5. The number of carbonyl (C=O) groups excluding carboxylic acids is 1. The summed E-state index contributed by atoms with van der Waals surface area (Å²) in [4.78, 5) is 12.0. The molecule has 6 heteroatoms. The summed E-state index contributed by atoms with van der Waals surface area (Å²) in [5.74, 6) is -0.385. The molecule has 0 atom stereocenters. The number of aryl methyl sites for hydroxylation is 3. The van der Waals surface area contributed by atoms with Crippen LogP contribution in [0.1, 0.15) is 16.7 Å². The molecular weight excluding hydrogens is 361 g/mol. The average molecular weight is 381 g/mol. The van der Waals surface area contributed by atoms with Crippen LogP contribution in [0.25, 0.3) is 11.3 Å². The van der Waals surface area contributed by atoms with E-state index in [2.05, 4.69) is 41.5 Å². The highest BCUT2D eigenvalue weighted by Crippen LogP contribution is 2.22. The molecule has 0 unspecified atom stereocenters. The molecule has 2 aromatic carbocycles. The first-order valence-electron chi connectivity index (χ1n) is 8.52. The van der Waals surface area contributed by atoms with E-state index in [1.54, 1.807) is 19.1 Å². The predicted octanol–water partition coefficient (Wildman–Crippen LogP) is 4.94. The SMILES string of the molecule is Cc1ccc(-c2ccc(SCC(=O)Nc3ccc(C)c(F)c3)nn2)cc1C. The van der Waals surface area contributed by atoms with Gasteiger partial charge in [0.05, 0.1) is 11.4 Å². The molecule has 0 saturated heterocycles. The van der Waals surface area contributed by atoms with Gasteiger partial charge in [0.25, 0.3) is 0 Å². The number of aromatic nitrogens is 2. The molecule has 138 valence electrons. The van der Waals surface area contributed by atoms with Crippen LogP contribution in [0.4, 0.5) is 10.1 Å². The smallest absolute Gasteiger partial charge is 0.234 e. The summed E-state index contributed by atoms with van der Waals surface area (Å²) in [5.41, 5.74) is 5.24. The second kappa shape index (κ2) is 8.31. The summed E-state index contributed by atoms with van der Waals surface area (Å²) >= 11 is 1.29. The summed E-state index contributed by atoms with van der Waals surface area (Å²) in [6.45, 7) is 5.81. The van der Waals surface area contributed by atoms with Gasteiger partial charge in [-0.1, -0.05) is 30.0 Å². The molecule has 1 heterocycles. The van der Waals surface area contributed by atoms with E-state index in [0.717, 1.165) is 11.3 Å². The minimum absolute atomic E-state index is 0.174. The Hall–Kier alpha value is -2.73. The molecule has 0 spiro atoms. The zero-order chi connectivity index (χ0) is 19.4. The summed E-state index contributed by atoms with van der Waals surface area (Å²) in [6.07, 6.45) is 0. The van der Waals surface area contributed by atoms with Crippen molar-refractivity contribution in [1.29, 1.82) is 0 Å². The highest BCUT2D eigenvalue weighted by Gasteiger charge is 2.08. The minimum Gasteiger partial charge on any atom is -0.325 e. The van der Waals surface area contributed by atoms with Gasteiger partial charge in [-0.05, 0) is 67.8 Å². The van der Waals surface area contributed by atoms with Crippen molar-refractivity contribution in [3.63, 3.8) is 0 Å². The van der Waals surface area contributed by atoms with Crippen molar-refractivity contribution in [3.05, 3.63) is 71.0 Å². The Morgan fingerprint density at radius 2 is 1.74 bits per heavy atom. The first kappa shape index (κ1) is 19.0. The van der Waals surface area contributed by atoms with Crippen molar-refractivity contribution in [2.45, 2.75) is 25.8 Å². The number of nitrogens with zero attached hydrogens (tertiary/aromatic N) is 2. The fourth-order valence-electron chi connectivity index (χ4n) is 2.46. The first-order valence-corrected chi connectivity index (χ1v) is 9.51. The molecule has 4 nitrogen and oxygen atoms in total. The maximum absolute atomic E-state index is 13.5. The molecule has 27 heavy (non-hydrogen) atoms. The number of hydrogen-bond donors (Lipinski definition) is 1. The summed E-state index contributed by atoms with van der Waals surface area (Å²) in [6, 6.07) is 14.5. The van der Waals surface area contributed by atoms with Crippen molar-refractivity contribution >= 4 is 23.4 Å². The van der Waals surface area contributed by atoms with Gasteiger partial charge in [0.1, 0.15) is 10.8 Å². The van der Waals surface area contributed by atoms with Gasteiger partial charge in [0, 0.05) is 11.3 Å². The minimum atomic E-state index is -0.340. The molecular formula is C21H20FN3OS. The average Bonchev–Trinajstić information content (AvgIpc) is 2.66. The van der Waals surface area contributed by atoms with E-state index >= 15 is 0 Å². The molecule has 3 aromatic rings. The van der Waals surface area contributed by atoms with Gasteiger partial charge in [0.2, 0.25) is 5.91 Å². The van der Waals surface area contributed by atoms with Gasteiger partial charge >= 0.3 is 0 Å². The highest BCUT2D eigenvalue weighted by atomic mass is 32.2. The Bertz CT molecular complexity index is 974. The number of carbonyl (C=O) groups is 1. The number of halogens is 1.